The Labute approximate surface area is 313 Å². The third-order valence-electron chi connectivity index (χ3n) is 11.4. The minimum Gasteiger partial charge on any atom is -0.481 e. The standard InChI is InChI=1S/C50H38O4/c1-31(44(50(52)53)29-46(51)54-30-45-38-20-8-2-14-32(38)26-33-15-3-9-21-39(33)45)47(48-40-22-10-4-16-34(40)27-35-17-5-11-23-41(35)48)49-42-24-12-6-18-36(42)28-37-19-7-13-25-43(37)49/h2-28,31,44,47H,29-30H2,1H3,(H,52,53). The van der Waals surface area contributed by atoms with Gasteiger partial charge in [0, 0.05) is 11.5 Å². The summed E-state index contributed by atoms with van der Waals surface area (Å²) in [6.45, 7) is 2.05. The highest BCUT2D eigenvalue weighted by molar-refractivity contribution is 6.07. The first-order chi connectivity index (χ1) is 26.5. The largest absolute Gasteiger partial charge is 0.481 e. The molecular weight excluding hydrogens is 665 g/mol. The summed E-state index contributed by atoms with van der Waals surface area (Å²) in [5.41, 5.74) is 3.05. The number of fused-ring (bicyclic) bond motifs is 6. The molecule has 1 N–H and O–H groups in total. The van der Waals surface area contributed by atoms with Crippen molar-refractivity contribution in [2.75, 3.05) is 0 Å². The topological polar surface area (TPSA) is 63.6 Å². The number of aliphatic carboxylic acids is 1. The Bertz CT molecular complexity index is 2630. The number of benzene rings is 9. The third-order valence-corrected chi connectivity index (χ3v) is 11.4. The number of hydrogen-bond donors (Lipinski definition) is 1. The number of carbonyl (C=O) groups excluding carboxylic acids is 1. The highest BCUT2D eigenvalue weighted by Crippen LogP contribution is 2.48. The maximum Gasteiger partial charge on any atom is 0.307 e. The minimum absolute atomic E-state index is 0.0484. The molecule has 0 saturated heterocycles. The number of carboxylic acid groups (broad SMARTS) is 1. The molecule has 0 heterocycles. The molecule has 4 nitrogen and oxygen atoms in total. The van der Waals surface area contributed by atoms with Gasteiger partial charge in [-0.2, -0.15) is 0 Å². The maximum absolute atomic E-state index is 14.0. The summed E-state index contributed by atoms with van der Waals surface area (Å²) < 4.78 is 6.04. The second kappa shape index (κ2) is 13.8. The fraction of sp³-hybridized carbons (Fsp3) is 0.120. The van der Waals surface area contributed by atoms with E-state index in [-0.39, 0.29) is 13.0 Å². The van der Waals surface area contributed by atoms with Crippen LogP contribution in [-0.2, 0) is 20.9 Å². The maximum atomic E-state index is 14.0. The van der Waals surface area contributed by atoms with Crippen molar-refractivity contribution < 1.29 is 19.4 Å². The zero-order valence-corrected chi connectivity index (χ0v) is 29.9. The van der Waals surface area contributed by atoms with Crippen LogP contribution in [0.4, 0.5) is 0 Å². The molecule has 0 saturated carbocycles. The predicted molar refractivity (Wildman–Crippen MR) is 221 cm³/mol. The lowest BCUT2D eigenvalue weighted by molar-refractivity contribution is -0.154. The number of rotatable bonds is 9. The lowest BCUT2D eigenvalue weighted by Crippen LogP contribution is -2.30. The molecule has 0 bridgehead atoms. The molecule has 0 amide bonds. The summed E-state index contributed by atoms with van der Waals surface area (Å²) >= 11 is 0. The SMILES string of the molecule is CC(C(CC(=O)OCc1c2ccccc2cc2ccccc12)C(=O)O)C(c1c2ccccc2cc2ccccc12)c1c2ccccc2cc2ccccc12. The molecule has 0 fully saturated rings. The number of ether oxygens (including phenoxy) is 1. The summed E-state index contributed by atoms with van der Waals surface area (Å²) in [6.07, 6.45) is -0.263. The van der Waals surface area contributed by atoms with Crippen molar-refractivity contribution in [3.8, 4) is 0 Å². The van der Waals surface area contributed by atoms with Crippen molar-refractivity contribution in [2.24, 2.45) is 11.8 Å². The normalized spacial score (nSPS) is 12.9. The highest BCUT2D eigenvalue weighted by Gasteiger charge is 2.38. The number of hydrogen-bond acceptors (Lipinski definition) is 3. The van der Waals surface area contributed by atoms with E-state index in [0.29, 0.717) is 0 Å². The van der Waals surface area contributed by atoms with Crippen molar-refractivity contribution in [1.29, 1.82) is 0 Å². The summed E-state index contributed by atoms with van der Waals surface area (Å²) in [5, 5.41) is 23.8. The average Bonchev–Trinajstić information content (AvgIpc) is 3.20. The van der Waals surface area contributed by atoms with E-state index in [1.165, 1.54) is 0 Å². The van der Waals surface area contributed by atoms with Gasteiger partial charge in [0.2, 0.25) is 0 Å². The Morgan fingerprint density at radius 2 is 0.815 bits per heavy atom. The van der Waals surface area contributed by atoms with Gasteiger partial charge < -0.3 is 9.84 Å². The van der Waals surface area contributed by atoms with Gasteiger partial charge in [-0.05, 0) is 99.9 Å². The van der Waals surface area contributed by atoms with Crippen molar-refractivity contribution in [3.05, 3.63) is 180 Å². The first-order valence-electron chi connectivity index (χ1n) is 18.5. The molecule has 4 heteroatoms. The average molecular weight is 703 g/mol. The van der Waals surface area contributed by atoms with E-state index in [2.05, 4.69) is 78.9 Å². The van der Waals surface area contributed by atoms with Gasteiger partial charge in [-0.1, -0.05) is 153 Å². The molecule has 2 unspecified atom stereocenters. The van der Waals surface area contributed by atoms with Crippen LogP contribution in [0.5, 0.6) is 0 Å². The van der Waals surface area contributed by atoms with Crippen molar-refractivity contribution in [2.45, 2.75) is 25.9 Å². The quantitative estimate of drug-likeness (QED) is 0.120. The molecule has 0 spiro atoms. The van der Waals surface area contributed by atoms with Crippen LogP contribution in [0, 0.1) is 11.8 Å². The smallest absolute Gasteiger partial charge is 0.307 e. The van der Waals surface area contributed by atoms with Crippen molar-refractivity contribution in [3.63, 3.8) is 0 Å². The molecule has 9 aromatic rings. The van der Waals surface area contributed by atoms with Crippen LogP contribution in [0.2, 0.25) is 0 Å². The number of carboxylic acids is 1. The van der Waals surface area contributed by atoms with Gasteiger partial charge in [0.15, 0.2) is 0 Å². The predicted octanol–water partition coefficient (Wildman–Crippen LogP) is 12.2. The number of carbonyl (C=O) groups is 2. The molecule has 0 aromatic heterocycles. The second-order valence-electron chi connectivity index (χ2n) is 14.4. The van der Waals surface area contributed by atoms with Crippen LogP contribution < -0.4 is 0 Å². The Morgan fingerprint density at radius 1 is 0.500 bits per heavy atom. The van der Waals surface area contributed by atoms with E-state index < -0.39 is 29.7 Å². The molecule has 262 valence electrons. The van der Waals surface area contributed by atoms with Gasteiger partial charge in [0.05, 0.1) is 12.3 Å². The Kier molecular flexibility index (Phi) is 8.51. The first-order valence-corrected chi connectivity index (χ1v) is 18.5. The van der Waals surface area contributed by atoms with Gasteiger partial charge in [0.25, 0.3) is 0 Å². The number of esters is 1. The fourth-order valence-corrected chi connectivity index (χ4v) is 8.82. The summed E-state index contributed by atoms with van der Waals surface area (Å²) in [4.78, 5) is 27.5. The Balaban J connectivity index is 1.19. The summed E-state index contributed by atoms with van der Waals surface area (Å²) in [5.74, 6) is -3.50. The second-order valence-corrected chi connectivity index (χ2v) is 14.4. The molecule has 54 heavy (non-hydrogen) atoms. The van der Waals surface area contributed by atoms with Crippen LogP contribution in [0.1, 0.15) is 36.0 Å². The molecule has 0 aliphatic carbocycles. The molecule has 0 radical (unpaired) electrons. The first kappa shape index (κ1) is 33.3. The molecule has 9 rings (SSSR count). The van der Waals surface area contributed by atoms with Gasteiger partial charge in [-0.25, -0.2) is 0 Å². The molecular formula is C50H38O4. The van der Waals surface area contributed by atoms with E-state index in [0.717, 1.165) is 81.3 Å². The van der Waals surface area contributed by atoms with Gasteiger partial charge in [0.1, 0.15) is 6.61 Å². The zero-order chi connectivity index (χ0) is 36.8. The van der Waals surface area contributed by atoms with Crippen LogP contribution in [-0.4, -0.2) is 17.0 Å². The monoisotopic (exact) mass is 702 g/mol. The van der Waals surface area contributed by atoms with Crippen LogP contribution >= 0.6 is 0 Å². The molecule has 9 aromatic carbocycles. The van der Waals surface area contributed by atoms with Crippen molar-refractivity contribution in [1.82, 2.24) is 0 Å². The molecule has 2 atom stereocenters. The summed E-state index contributed by atoms with van der Waals surface area (Å²) in [6, 6.07) is 56.2. The van der Waals surface area contributed by atoms with Crippen LogP contribution in [0.3, 0.4) is 0 Å². The summed E-state index contributed by atoms with van der Waals surface area (Å²) in [7, 11) is 0. The Morgan fingerprint density at radius 3 is 1.17 bits per heavy atom. The van der Waals surface area contributed by atoms with Gasteiger partial charge in [-0.3, -0.25) is 9.59 Å². The van der Waals surface area contributed by atoms with Gasteiger partial charge in [-0.15, -0.1) is 0 Å². The van der Waals surface area contributed by atoms with E-state index >= 15 is 0 Å². The van der Waals surface area contributed by atoms with E-state index in [4.69, 9.17) is 4.74 Å². The van der Waals surface area contributed by atoms with E-state index in [9.17, 15) is 14.7 Å². The molecule has 0 aliphatic heterocycles. The third kappa shape index (κ3) is 5.81. The molecule has 0 aliphatic rings. The van der Waals surface area contributed by atoms with E-state index in [1.54, 1.807) is 0 Å². The zero-order valence-electron chi connectivity index (χ0n) is 29.9. The Hall–Kier alpha value is -6.52. The lowest BCUT2D eigenvalue weighted by Gasteiger charge is -2.33. The van der Waals surface area contributed by atoms with Crippen molar-refractivity contribution >= 4 is 76.6 Å². The van der Waals surface area contributed by atoms with Crippen LogP contribution in [0.25, 0.3) is 64.6 Å². The fourth-order valence-electron chi connectivity index (χ4n) is 8.82. The minimum atomic E-state index is -1.04. The lowest BCUT2D eigenvalue weighted by atomic mass is 9.70. The van der Waals surface area contributed by atoms with Gasteiger partial charge >= 0.3 is 11.9 Å². The van der Waals surface area contributed by atoms with E-state index in [1.807, 2.05) is 91.9 Å². The van der Waals surface area contributed by atoms with Crippen LogP contribution in [0.15, 0.2) is 164 Å². The highest BCUT2D eigenvalue weighted by atomic mass is 16.5.